The molecule has 1 aliphatic carbocycles. The Balaban J connectivity index is 1.38. The second kappa shape index (κ2) is 11.4. The zero-order valence-electron chi connectivity index (χ0n) is 24.9. The number of hydrogen-bond acceptors (Lipinski definition) is 7. The highest BCUT2D eigenvalue weighted by Gasteiger charge is 2.36. The van der Waals surface area contributed by atoms with E-state index in [0.717, 1.165) is 29.5 Å². The number of carbonyl (C=O) groups excluding carboxylic acids is 3. The number of ether oxygens (including phenoxy) is 3. The molecule has 0 saturated carbocycles. The number of rotatable bonds is 7. The van der Waals surface area contributed by atoms with E-state index in [-0.39, 0.29) is 31.5 Å². The van der Waals surface area contributed by atoms with Crippen LogP contribution in [0.4, 0.5) is 15.4 Å². The van der Waals surface area contributed by atoms with E-state index in [1.165, 1.54) is 12.0 Å². The number of nitrogens with one attached hydrogen (secondary N) is 1. The number of urea groups is 1. The van der Waals surface area contributed by atoms with Gasteiger partial charge in [-0.3, -0.25) is 14.6 Å². The molecule has 222 valence electrons. The third-order valence-electron chi connectivity index (χ3n) is 7.58. The minimum atomic E-state index is -0.580. The van der Waals surface area contributed by atoms with Crippen molar-refractivity contribution >= 4 is 23.8 Å². The summed E-state index contributed by atoms with van der Waals surface area (Å²) in [6, 6.07) is 10.7. The maximum atomic E-state index is 13.7. The number of imide groups is 1. The van der Waals surface area contributed by atoms with Crippen molar-refractivity contribution in [2.75, 3.05) is 25.7 Å². The number of benzene rings is 2. The minimum absolute atomic E-state index is 0.0737. The van der Waals surface area contributed by atoms with Gasteiger partial charge in [-0.05, 0) is 56.9 Å². The van der Waals surface area contributed by atoms with E-state index in [1.807, 2.05) is 50.6 Å². The van der Waals surface area contributed by atoms with Crippen LogP contribution >= 0.6 is 0 Å². The Hall–Kier alpha value is -4.54. The summed E-state index contributed by atoms with van der Waals surface area (Å²) in [6.07, 6.45) is 2.92. The van der Waals surface area contributed by atoms with Crippen molar-refractivity contribution in [2.45, 2.75) is 58.2 Å². The highest BCUT2D eigenvalue weighted by Crippen LogP contribution is 2.38. The number of anilines is 1. The lowest BCUT2D eigenvalue weighted by atomic mass is 10.0. The summed E-state index contributed by atoms with van der Waals surface area (Å²) in [4.78, 5) is 46.5. The van der Waals surface area contributed by atoms with Gasteiger partial charge in [-0.1, -0.05) is 18.2 Å². The van der Waals surface area contributed by atoms with E-state index in [9.17, 15) is 14.4 Å². The van der Waals surface area contributed by atoms with Gasteiger partial charge in [0.2, 0.25) is 5.91 Å². The van der Waals surface area contributed by atoms with E-state index in [4.69, 9.17) is 19.2 Å². The molecule has 0 spiro atoms. The fourth-order valence-electron chi connectivity index (χ4n) is 5.58. The number of carbonyl (C=O) groups is 3. The van der Waals surface area contributed by atoms with Gasteiger partial charge in [0.1, 0.15) is 28.7 Å². The normalized spacial score (nSPS) is 16.9. The number of hydrogen-bond donors (Lipinski definition) is 1. The van der Waals surface area contributed by atoms with Gasteiger partial charge in [-0.2, -0.15) is 0 Å². The molecule has 1 aromatic heterocycles. The summed E-state index contributed by atoms with van der Waals surface area (Å²) < 4.78 is 18.1. The summed E-state index contributed by atoms with van der Waals surface area (Å²) in [5, 5.41) is 3.00. The lowest BCUT2D eigenvalue weighted by Crippen LogP contribution is -2.52. The fourth-order valence-corrected chi connectivity index (χ4v) is 5.58. The van der Waals surface area contributed by atoms with Gasteiger partial charge in [0.15, 0.2) is 0 Å². The van der Waals surface area contributed by atoms with Crippen molar-refractivity contribution in [3.8, 4) is 22.9 Å². The highest BCUT2D eigenvalue weighted by molar-refractivity contribution is 6.05. The van der Waals surface area contributed by atoms with Gasteiger partial charge in [-0.15, -0.1) is 0 Å². The van der Waals surface area contributed by atoms with E-state index >= 15 is 0 Å². The molecule has 4 amide bonds. The van der Waals surface area contributed by atoms with Crippen LogP contribution in [0.1, 0.15) is 56.3 Å². The smallest absolute Gasteiger partial charge is 0.408 e. The summed E-state index contributed by atoms with van der Waals surface area (Å²) >= 11 is 0. The quantitative estimate of drug-likeness (QED) is 0.423. The fraction of sp³-hybridized carbons (Fsp3) is 0.419. The van der Waals surface area contributed by atoms with Gasteiger partial charge < -0.3 is 24.1 Å². The Morgan fingerprint density at radius 3 is 2.60 bits per heavy atom. The number of methoxy groups -OCH3 is 2. The standard InChI is InChI=1S/C31H37N5O6/c1-31(2,3)42-29(38)33-24-13-12-21-22(24)8-7-9-23(21)28-32-17-26(34(28)4)35-15-14-27(37)36(30(35)39)18-19-10-11-20(40-5)16-25(19)41-6/h7-11,16-17,24H,12-15,18H2,1-6H3,(H,33,38). The Morgan fingerprint density at radius 2 is 1.88 bits per heavy atom. The van der Waals surface area contributed by atoms with E-state index in [1.54, 1.807) is 36.4 Å². The molecule has 42 heavy (non-hydrogen) atoms. The zero-order chi connectivity index (χ0) is 30.2. The molecule has 2 aliphatic rings. The molecule has 0 bridgehead atoms. The SMILES string of the molecule is COc1ccc(CN2C(=O)CCN(c3cnc(-c4cccc5c4CCC5NC(=O)OC(C)(C)C)n3C)C2=O)c(OC)c1. The number of nitrogens with zero attached hydrogens (tertiary/aromatic N) is 4. The van der Waals surface area contributed by atoms with Crippen molar-refractivity contribution in [2.24, 2.45) is 7.05 Å². The molecule has 3 aromatic rings. The molecule has 2 heterocycles. The van der Waals surface area contributed by atoms with Gasteiger partial charge in [0, 0.05) is 37.2 Å². The number of alkyl carbamates (subject to hydrolysis) is 1. The van der Waals surface area contributed by atoms with Crippen molar-refractivity contribution in [3.05, 3.63) is 59.3 Å². The first-order chi connectivity index (χ1) is 20.0. The molecule has 1 atom stereocenters. The Bertz CT molecular complexity index is 1520. The molecule has 11 heteroatoms. The molecule has 1 aliphatic heterocycles. The van der Waals surface area contributed by atoms with Gasteiger partial charge in [0.05, 0.1) is 33.0 Å². The molecular weight excluding hydrogens is 538 g/mol. The number of fused-ring (bicyclic) bond motifs is 1. The van der Waals surface area contributed by atoms with Crippen molar-refractivity contribution < 1.29 is 28.6 Å². The summed E-state index contributed by atoms with van der Waals surface area (Å²) in [5.74, 6) is 2.20. The minimum Gasteiger partial charge on any atom is -0.497 e. The summed E-state index contributed by atoms with van der Waals surface area (Å²) in [5.41, 5.74) is 3.19. The molecule has 5 rings (SSSR count). The average molecular weight is 576 g/mol. The molecule has 2 aromatic carbocycles. The second-order valence-corrected chi connectivity index (χ2v) is 11.5. The van der Waals surface area contributed by atoms with E-state index in [0.29, 0.717) is 28.7 Å². The van der Waals surface area contributed by atoms with Crippen LogP contribution in [0.15, 0.2) is 42.6 Å². The molecule has 1 saturated heterocycles. The van der Waals surface area contributed by atoms with Crippen molar-refractivity contribution in [1.29, 1.82) is 0 Å². The Labute approximate surface area is 245 Å². The summed E-state index contributed by atoms with van der Waals surface area (Å²) in [7, 11) is 4.97. The van der Waals surface area contributed by atoms with Crippen LogP contribution in [0.25, 0.3) is 11.4 Å². The maximum Gasteiger partial charge on any atom is 0.408 e. The van der Waals surface area contributed by atoms with Crippen molar-refractivity contribution in [3.63, 3.8) is 0 Å². The lowest BCUT2D eigenvalue weighted by molar-refractivity contribution is -0.129. The molecule has 1 N–H and O–H groups in total. The molecule has 1 unspecified atom stereocenters. The number of amides is 4. The van der Waals surface area contributed by atoms with Gasteiger partial charge >= 0.3 is 12.1 Å². The second-order valence-electron chi connectivity index (χ2n) is 11.5. The largest absolute Gasteiger partial charge is 0.497 e. The monoisotopic (exact) mass is 575 g/mol. The van der Waals surface area contributed by atoms with Crippen LogP contribution in [-0.4, -0.2) is 58.8 Å². The van der Waals surface area contributed by atoms with E-state index in [2.05, 4.69) is 5.32 Å². The van der Waals surface area contributed by atoms with Crippen LogP contribution in [0.2, 0.25) is 0 Å². The van der Waals surface area contributed by atoms with Crippen LogP contribution < -0.4 is 19.7 Å². The molecular formula is C31H37N5O6. The van der Waals surface area contributed by atoms with Crippen LogP contribution in [0.5, 0.6) is 11.5 Å². The lowest BCUT2D eigenvalue weighted by Gasteiger charge is -2.34. The Morgan fingerprint density at radius 1 is 1.10 bits per heavy atom. The molecule has 11 nitrogen and oxygen atoms in total. The first-order valence-corrected chi connectivity index (χ1v) is 14.0. The number of aromatic nitrogens is 2. The van der Waals surface area contributed by atoms with E-state index < -0.39 is 17.7 Å². The molecule has 1 fully saturated rings. The van der Waals surface area contributed by atoms with Crippen LogP contribution in [0, 0.1) is 0 Å². The van der Waals surface area contributed by atoms with Gasteiger partial charge in [0.25, 0.3) is 0 Å². The third-order valence-corrected chi connectivity index (χ3v) is 7.58. The topological polar surface area (TPSA) is 115 Å². The third kappa shape index (κ3) is 5.63. The predicted molar refractivity (Wildman–Crippen MR) is 157 cm³/mol. The highest BCUT2D eigenvalue weighted by atomic mass is 16.6. The Kier molecular flexibility index (Phi) is 7.85. The van der Waals surface area contributed by atoms with Crippen molar-refractivity contribution in [1.82, 2.24) is 19.8 Å². The maximum absolute atomic E-state index is 13.7. The first kappa shape index (κ1) is 29.0. The number of imidazole rings is 1. The predicted octanol–water partition coefficient (Wildman–Crippen LogP) is 4.98. The average Bonchev–Trinajstić information content (AvgIpc) is 3.53. The van der Waals surface area contributed by atoms with Gasteiger partial charge in [-0.25, -0.2) is 14.6 Å². The zero-order valence-corrected chi connectivity index (χ0v) is 24.9. The summed E-state index contributed by atoms with van der Waals surface area (Å²) in [6.45, 7) is 5.84. The molecule has 0 radical (unpaired) electrons. The first-order valence-electron chi connectivity index (χ1n) is 14.0. The van der Waals surface area contributed by atoms with Crippen LogP contribution in [-0.2, 0) is 29.5 Å². The van der Waals surface area contributed by atoms with Crippen LogP contribution in [0.3, 0.4) is 0 Å².